The predicted molar refractivity (Wildman–Crippen MR) is 76.9 cm³/mol. The van der Waals surface area contributed by atoms with Crippen molar-refractivity contribution in [3.05, 3.63) is 69.8 Å². The molecular formula is C15H14N2O3. The SMILES string of the molecule is CCc1cccc(NC(=O)c2ccccc2[N+](=O)[O-])c1. The van der Waals surface area contributed by atoms with Gasteiger partial charge in [-0.15, -0.1) is 0 Å². The first kappa shape index (κ1) is 13.7. The van der Waals surface area contributed by atoms with Gasteiger partial charge in [-0.3, -0.25) is 14.9 Å². The Morgan fingerprint density at radius 3 is 2.65 bits per heavy atom. The largest absolute Gasteiger partial charge is 0.322 e. The Balaban J connectivity index is 2.26. The maximum Gasteiger partial charge on any atom is 0.282 e. The van der Waals surface area contributed by atoms with Gasteiger partial charge in [0.05, 0.1) is 4.92 Å². The van der Waals surface area contributed by atoms with Crippen molar-refractivity contribution < 1.29 is 9.72 Å². The molecule has 20 heavy (non-hydrogen) atoms. The van der Waals surface area contributed by atoms with Crippen LogP contribution in [-0.4, -0.2) is 10.8 Å². The molecule has 2 aromatic carbocycles. The van der Waals surface area contributed by atoms with E-state index in [2.05, 4.69) is 5.32 Å². The average molecular weight is 270 g/mol. The van der Waals surface area contributed by atoms with Gasteiger partial charge in [0, 0.05) is 11.8 Å². The van der Waals surface area contributed by atoms with Crippen LogP contribution in [-0.2, 0) is 6.42 Å². The number of nitrogens with zero attached hydrogens (tertiary/aromatic N) is 1. The van der Waals surface area contributed by atoms with E-state index in [1.807, 2.05) is 25.1 Å². The predicted octanol–water partition coefficient (Wildman–Crippen LogP) is 3.41. The van der Waals surface area contributed by atoms with Crippen molar-refractivity contribution in [1.82, 2.24) is 0 Å². The first-order valence-corrected chi connectivity index (χ1v) is 6.25. The third-order valence-corrected chi connectivity index (χ3v) is 2.94. The summed E-state index contributed by atoms with van der Waals surface area (Å²) in [5.74, 6) is -0.481. The van der Waals surface area contributed by atoms with Gasteiger partial charge in [-0.05, 0) is 30.2 Å². The lowest BCUT2D eigenvalue weighted by atomic mass is 10.1. The van der Waals surface area contributed by atoms with Gasteiger partial charge in [0.15, 0.2) is 0 Å². The number of para-hydroxylation sites is 1. The van der Waals surface area contributed by atoms with Gasteiger partial charge >= 0.3 is 0 Å². The molecule has 0 aliphatic rings. The fraction of sp³-hybridized carbons (Fsp3) is 0.133. The molecule has 1 amide bonds. The second-order valence-electron chi connectivity index (χ2n) is 4.28. The monoisotopic (exact) mass is 270 g/mol. The van der Waals surface area contributed by atoms with Crippen LogP contribution >= 0.6 is 0 Å². The van der Waals surface area contributed by atoms with E-state index in [-0.39, 0.29) is 11.3 Å². The summed E-state index contributed by atoms with van der Waals surface area (Å²) in [6, 6.07) is 13.3. The first-order valence-electron chi connectivity index (χ1n) is 6.25. The van der Waals surface area contributed by atoms with Crippen molar-refractivity contribution >= 4 is 17.3 Å². The lowest BCUT2D eigenvalue weighted by molar-refractivity contribution is -0.385. The van der Waals surface area contributed by atoms with E-state index in [1.54, 1.807) is 12.1 Å². The van der Waals surface area contributed by atoms with E-state index in [1.165, 1.54) is 18.2 Å². The topological polar surface area (TPSA) is 72.2 Å². The van der Waals surface area contributed by atoms with Crippen molar-refractivity contribution in [2.24, 2.45) is 0 Å². The van der Waals surface area contributed by atoms with Gasteiger partial charge < -0.3 is 5.32 Å². The summed E-state index contributed by atoms with van der Waals surface area (Å²) in [6.45, 7) is 2.02. The molecule has 0 radical (unpaired) electrons. The molecule has 2 rings (SSSR count). The number of nitro groups is 1. The quantitative estimate of drug-likeness (QED) is 0.683. The lowest BCUT2D eigenvalue weighted by Crippen LogP contribution is -2.13. The van der Waals surface area contributed by atoms with Crippen molar-refractivity contribution in [3.63, 3.8) is 0 Å². The Hall–Kier alpha value is -2.69. The Kier molecular flexibility index (Phi) is 4.10. The highest BCUT2D eigenvalue weighted by Crippen LogP contribution is 2.19. The summed E-state index contributed by atoms with van der Waals surface area (Å²) in [7, 11) is 0. The molecule has 0 fully saturated rings. The van der Waals surface area contributed by atoms with Crippen molar-refractivity contribution in [1.29, 1.82) is 0 Å². The molecule has 2 aromatic rings. The fourth-order valence-corrected chi connectivity index (χ4v) is 1.89. The number of hydrogen-bond acceptors (Lipinski definition) is 3. The summed E-state index contributed by atoms with van der Waals surface area (Å²) in [6.07, 6.45) is 0.856. The first-order chi connectivity index (χ1) is 9.61. The summed E-state index contributed by atoms with van der Waals surface area (Å²) >= 11 is 0. The molecule has 102 valence electrons. The molecule has 0 aromatic heterocycles. The van der Waals surface area contributed by atoms with Gasteiger partial charge in [0.2, 0.25) is 0 Å². The highest BCUT2D eigenvalue weighted by molar-refractivity contribution is 6.07. The molecule has 5 nitrogen and oxygen atoms in total. The standard InChI is InChI=1S/C15H14N2O3/c1-2-11-6-5-7-12(10-11)16-15(18)13-8-3-4-9-14(13)17(19)20/h3-10H,2H2,1H3,(H,16,18). The van der Waals surface area contributed by atoms with Gasteiger partial charge in [0.1, 0.15) is 5.56 Å². The van der Waals surface area contributed by atoms with Crippen LogP contribution in [0.5, 0.6) is 0 Å². The highest BCUT2D eigenvalue weighted by atomic mass is 16.6. The highest BCUT2D eigenvalue weighted by Gasteiger charge is 2.19. The third-order valence-electron chi connectivity index (χ3n) is 2.94. The second kappa shape index (κ2) is 5.97. The molecule has 0 aliphatic heterocycles. The summed E-state index contributed by atoms with van der Waals surface area (Å²) < 4.78 is 0. The van der Waals surface area contributed by atoms with Gasteiger partial charge in [-0.1, -0.05) is 31.2 Å². The van der Waals surface area contributed by atoms with E-state index in [4.69, 9.17) is 0 Å². The molecule has 5 heteroatoms. The number of aryl methyl sites for hydroxylation is 1. The van der Waals surface area contributed by atoms with Gasteiger partial charge in [-0.25, -0.2) is 0 Å². The Bertz CT molecular complexity index is 653. The fourth-order valence-electron chi connectivity index (χ4n) is 1.89. The van der Waals surface area contributed by atoms with E-state index < -0.39 is 10.8 Å². The lowest BCUT2D eigenvalue weighted by Gasteiger charge is -2.07. The number of amides is 1. The minimum absolute atomic E-state index is 0.0550. The zero-order valence-electron chi connectivity index (χ0n) is 11.0. The minimum atomic E-state index is -0.558. The normalized spacial score (nSPS) is 10.1. The molecule has 0 spiro atoms. The number of benzene rings is 2. The minimum Gasteiger partial charge on any atom is -0.322 e. The number of nitrogens with one attached hydrogen (secondary N) is 1. The smallest absolute Gasteiger partial charge is 0.282 e. The molecule has 1 N–H and O–H groups in total. The van der Waals surface area contributed by atoms with Crippen molar-refractivity contribution in [3.8, 4) is 0 Å². The van der Waals surface area contributed by atoms with Crippen LogP contribution in [0, 0.1) is 10.1 Å². The van der Waals surface area contributed by atoms with E-state index in [9.17, 15) is 14.9 Å². The molecular weight excluding hydrogens is 256 g/mol. The van der Waals surface area contributed by atoms with Gasteiger partial charge in [0.25, 0.3) is 11.6 Å². The second-order valence-corrected chi connectivity index (χ2v) is 4.28. The number of carbonyl (C=O) groups is 1. The zero-order valence-corrected chi connectivity index (χ0v) is 11.0. The number of anilines is 1. The molecule has 0 aliphatic carbocycles. The molecule has 0 heterocycles. The molecule has 0 bridgehead atoms. The molecule has 0 atom stereocenters. The van der Waals surface area contributed by atoms with Crippen LogP contribution in [0.15, 0.2) is 48.5 Å². The Labute approximate surface area is 116 Å². The number of carbonyl (C=O) groups excluding carboxylic acids is 1. The summed E-state index contributed by atoms with van der Waals surface area (Å²) in [5, 5.41) is 13.6. The van der Waals surface area contributed by atoms with Crippen molar-refractivity contribution in [2.75, 3.05) is 5.32 Å². The number of nitro benzene ring substituents is 1. The average Bonchev–Trinajstić information content (AvgIpc) is 2.47. The van der Waals surface area contributed by atoms with E-state index in [0.29, 0.717) is 5.69 Å². The maximum absolute atomic E-state index is 12.1. The number of hydrogen-bond donors (Lipinski definition) is 1. The van der Waals surface area contributed by atoms with E-state index >= 15 is 0 Å². The summed E-state index contributed by atoms with van der Waals surface area (Å²) in [5.41, 5.74) is 1.58. The zero-order chi connectivity index (χ0) is 14.5. The van der Waals surface area contributed by atoms with Crippen LogP contribution in [0.3, 0.4) is 0 Å². The molecule has 0 saturated carbocycles. The Morgan fingerprint density at radius 1 is 1.20 bits per heavy atom. The van der Waals surface area contributed by atoms with Crippen LogP contribution in [0.2, 0.25) is 0 Å². The van der Waals surface area contributed by atoms with Crippen molar-refractivity contribution in [2.45, 2.75) is 13.3 Å². The van der Waals surface area contributed by atoms with Crippen LogP contribution in [0.1, 0.15) is 22.8 Å². The van der Waals surface area contributed by atoms with Crippen LogP contribution < -0.4 is 5.32 Å². The third kappa shape index (κ3) is 3.00. The molecule has 0 unspecified atom stereocenters. The van der Waals surface area contributed by atoms with Crippen LogP contribution in [0.4, 0.5) is 11.4 Å². The van der Waals surface area contributed by atoms with Crippen LogP contribution in [0.25, 0.3) is 0 Å². The maximum atomic E-state index is 12.1. The van der Waals surface area contributed by atoms with E-state index in [0.717, 1.165) is 12.0 Å². The Morgan fingerprint density at radius 2 is 1.95 bits per heavy atom. The molecule has 0 saturated heterocycles. The van der Waals surface area contributed by atoms with Gasteiger partial charge in [-0.2, -0.15) is 0 Å². The summed E-state index contributed by atoms with van der Waals surface area (Å²) in [4.78, 5) is 22.5. The number of rotatable bonds is 4.